The Bertz CT molecular complexity index is 257. The Morgan fingerprint density at radius 2 is 2.06 bits per heavy atom. The lowest BCUT2D eigenvalue weighted by Gasteiger charge is -2.31. The molecule has 0 radical (unpaired) electrons. The SMILES string of the molecule is CN(C)CC(=O)N(CC1CCCNC1)C1CC1. The van der Waals surface area contributed by atoms with E-state index in [1.54, 1.807) is 0 Å². The van der Waals surface area contributed by atoms with E-state index in [4.69, 9.17) is 0 Å². The fourth-order valence-electron chi connectivity index (χ4n) is 2.56. The van der Waals surface area contributed by atoms with Crippen LogP contribution in [0.25, 0.3) is 0 Å². The van der Waals surface area contributed by atoms with Crippen molar-refractivity contribution in [1.29, 1.82) is 0 Å². The summed E-state index contributed by atoms with van der Waals surface area (Å²) in [4.78, 5) is 16.3. The van der Waals surface area contributed by atoms with E-state index in [9.17, 15) is 4.79 Å². The second kappa shape index (κ2) is 5.83. The van der Waals surface area contributed by atoms with Crippen LogP contribution in [0.5, 0.6) is 0 Å². The normalized spacial score (nSPS) is 25.0. The molecule has 0 bridgehead atoms. The zero-order chi connectivity index (χ0) is 12.3. The monoisotopic (exact) mass is 239 g/mol. The van der Waals surface area contributed by atoms with Gasteiger partial charge in [0.2, 0.25) is 5.91 Å². The highest BCUT2D eigenvalue weighted by molar-refractivity contribution is 5.78. The molecule has 98 valence electrons. The average molecular weight is 239 g/mol. The molecule has 2 rings (SSSR count). The highest BCUT2D eigenvalue weighted by Gasteiger charge is 2.34. The highest BCUT2D eigenvalue weighted by atomic mass is 16.2. The fourth-order valence-corrected chi connectivity index (χ4v) is 2.56. The molecule has 1 unspecified atom stereocenters. The average Bonchev–Trinajstić information content (AvgIpc) is 3.10. The molecule has 0 aromatic heterocycles. The lowest BCUT2D eigenvalue weighted by molar-refractivity contribution is -0.133. The molecule has 1 N–H and O–H groups in total. The van der Waals surface area contributed by atoms with Crippen molar-refractivity contribution in [2.24, 2.45) is 5.92 Å². The van der Waals surface area contributed by atoms with Gasteiger partial charge in [-0.05, 0) is 58.8 Å². The second-order valence-electron chi connectivity index (χ2n) is 5.73. The Balaban J connectivity index is 1.85. The fraction of sp³-hybridized carbons (Fsp3) is 0.923. The van der Waals surface area contributed by atoms with Crippen molar-refractivity contribution in [3.05, 3.63) is 0 Å². The molecule has 1 aliphatic heterocycles. The van der Waals surface area contributed by atoms with Gasteiger partial charge in [-0.1, -0.05) is 0 Å². The summed E-state index contributed by atoms with van der Waals surface area (Å²) in [6.45, 7) is 3.74. The molecule has 1 amide bonds. The van der Waals surface area contributed by atoms with Crippen molar-refractivity contribution in [2.45, 2.75) is 31.7 Å². The van der Waals surface area contributed by atoms with Crippen LogP contribution in [-0.2, 0) is 4.79 Å². The van der Waals surface area contributed by atoms with Crippen molar-refractivity contribution < 1.29 is 4.79 Å². The third-order valence-electron chi connectivity index (χ3n) is 3.61. The van der Waals surface area contributed by atoms with E-state index in [0.717, 1.165) is 19.6 Å². The lowest BCUT2D eigenvalue weighted by Crippen LogP contribution is -2.45. The quantitative estimate of drug-likeness (QED) is 0.760. The van der Waals surface area contributed by atoms with Crippen LogP contribution in [0.2, 0.25) is 0 Å². The number of nitrogens with zero attached hydrogens (tertiary/aromatic N) is 2. The molecule has 1 atom stereocenters. The predicted octanol–water partition coefficient (Wildman–Crippen LogP) is 0.539. The van der Waals surface area contributed by atoms with Crippen LogP contribution in [0.15, 0.2) is 0 Å². The molecule has 2 aliphatic rings. The highest BCUT2D eigenvalue weighted by Crippen LogP contribution is 2.28. The Morgan fingerprint density at radius 1 is 1.29 bits per heavy atom. The summed E-state index contributed by atoms with van der Waals surface area (Å²) in [5.74, 6) is 0.971. The van der Waals surface area contributed by atoms with Crippen molar-refractivity contribution in [3.63, 3.8) is 0 Å². The molecule has 0 aromatic rings. The molecule has 17 heavy (non-hydrogen) atoms. The molecular weight excluding hydrogens is 214 g/mol. The summed E-state index contributed by atoms with van der Waals surface area (Å²) >= 11 is 0. The van der Waals surface area contributed by atoms with Crippen molar-refractivity contribution >= 4 is 5.91 Å². The first-order valence-electron chi connectivity index (χ1n) is 6.81. The zero-order valence-corrected chi connectivity index (χ0v) is 11.1. The van der Waals surface area contributed by atoms with Crippen LogP contribution in [0.1, 0.15) is 25.7 Å². The number of amides is 1. The molecule has 1 saturated carbocycles. The summed E-state index contributed by atoms with van der Waals surface area (Å²) in [5, 5.41) is 3.43. The molecule has 0 aromatic carbocycles. The van der Waals surface area contributed by atoms with Gasteiger partial charge in [0.15, 0.2) is 0 Å². The van der Waals surface area contributed by atoms with Gasteiger partial charge in [-0.2, -0.15) is 0 Å². The molecule has 4 nitrogen and oxygen atoms in total. The summed E-state index contributed by atoms with van der Waals surface area (Å²) < 4.78 is 0. The van der Waals surface area contributed by atoms with Gasteiger partial charge in [0.05, 0.1) is 6.54 Å². The molecule has 1 aliphatic carbocycles. The minimum atomic E-state index is 0.308. The zero-order valence-electron chi connectivity index (χ0n) is 11.1. The minimum absolute atomic E-state index is 0.308. The topological polar surface area (TPSA) is 35.6 Å². The maximum atomic E-state index is 12.2. The number of carbonyl (C=O) groups is 1. The Morgan fingerprint density at radius 3 is 2.59 bits per heavy atom. The molecule has 0 spiro atoms. The molecular formula is C13H25N3O. The van der Waals surface area contributed by atoms with E-state index >= 15 is 0 Å². The van der Waals surface area contributed by atoms with Crippen LogP contribution in [0.3, 0.4) is 0 Å². The van der Waals surface area contributed by atoms with Gasteiger partial charge in [0.25, 0.3) is 0 Å². The third-order valence-corrected chi connectivity index (χ3v) is 3.61. The minimum Gasteiger partial charge on any atom is -0.338 e. The van der Waals surface area contributed by atoms with E-state index in [0.29, 0.717) is 24.4 Å². The van der Waals surface area contributed by atoms with Gasteiger partial charge in [0.1, 0.15) is 0 Å². The van der Waals surface area contributed by atoms with Crippen LogP contribution < -0.4 is 5.32 Å². The summed E-state index contributed by atoms with van der Waals surface area (Å²) in [5.41, 5.74) is 0. The van der Waals surface area contributed by atoms with Crippen LogP contribution in [0.4, 0.5) is 0 Å². The Hall–Kier alpha value is -0.610. The van der Waals surface area contributed by atoms with E-state index < -0.39 is 0 Å². The number of nitrogens with one attached hydrogen (secondary N) is 1. The summed E-state index contributed by atoms with van der Waals surface area (Å²) in [7, 11) is 3.93. The van der Waals surface area contributed by atoms with Crippen LogP contribution in [0, 0.1) is 5.92 Å². The van der Waals surface area contributed by atoms with Gasteiger partial charge in [0, 0.05) is 12.6 Å². The van der Waals surface area contributed by atoms with Gasteiger partial charge < -0.3 is 15.1 Å². The van der Waals surface area contributed by atoms with Crippen molar-refractivity contribution in [1.82, 2.24) is 15.1 Å². The third kappa shape index (κ3) is 3.96. The van der Waals surface area contributed by atoms with Gasteiger partial charge in [-0.15, -0.1) is 0 Å². The van der Waals surface area contributed by atoms with E-state index in [2.05, 4.69) is 10.2 Å². The van der Waals surface area contributed by atoms with E-state index in [-0.39, 0.29) is 0 Å². The number of rotatable bonds is 5. The maximum absolute atomic E-state index is 12.2. The van der Waals surface area contributed by atoms with Crippen molar-refractivity contribution in [3.8, 4) is 0 Å². The predicted molar refractivity (Wildman–Crippen MR) is 68.9 cm³/mol. The standard InChI is InChI=1S/C13H25N3O/c1-15(2)10-13(17)16(12-5-6-12)9-11-4-3-7-14-8-11/h11-12,14H,3-10H2,1-2H3. The van der Waals surface area contributed by atoms with E-state index in [1.807, 2.05) is 19.0 Å². The molecule has 4 heteroatoms. The maximum Gasteiger partial charge on any atom is 0.236 e. The molecule has 2 fully saturated rings. The summed E-state index contributed by atoms with van der Waals surface area (Å²) in [6.07, 6.45) is 4.94. The van der Waals surface area contributed by atoms with Gasteiger partial charge >= 0.3 is 0 Å². The lowest BCUT2D eigenvalue weighted by atomic mass is 9.99. The number of hydrogen-bond donors (Lipinski definition) is 1. The Labute approximate surface area is 104 Å². The van der Waals surface area contributed by atoms with Gasteiger partial charge in [-0.25, -0.2) is 0 Å². The number of carbonyl (C=O) groups excluding carboxylic acids is 1. The molecule has 1 saturated heterocycles. The summed E-state index contributed by atoms with van der Waals surface area (Å²) in [6, 6.07) is 0.546. The van der Waals surface area contributed by atoms with E-state index in [1.165, 1.54) is 25.7 Å². The van der Waals surface area contributed by atoms with Crippen LogP contribution >= 0.6 is 0 Å². The second-order valence-corrected chi connectivity index (χ2v) is 5.73. The Kier molecular flexibility index (Phi) is 4.40. The van der Waals surface area contributed by atoms with Crippen molar-refractivity contribution in [2.75, 3.05) is 40.3 Å². The molecule has 1 heterocycles. The largest absolute Gasteiger partial charge is 0.338 e. The van der Waals surface area contributed by atoms with Gasteiger partial charge in [-0.3, -0.25) is 4.79 Å². The number of likely N-dealkylation sites (N-methyl/N-ethyl adjacent to an activating group) is 1. The first-order chi connectivity index (χ1) is 8.16. The first-order valence-corrected chi connectivity index (χ1v) is 6.81. The smallest absolute Gasteiger partial charge is 0.236 e. The number of hydrogen-bond acceptors (Lipinski definition) is 3. The number of piperidine rings is 1. The van der Waals surface area contributed by atoms with Crippen LogP contribution in [-0.4, -0.2) is 62.0 Å². The first kappa shape index (κ1) is 12.8.